The molecular formula is C22H27FN2O4S. The number of halogens is 1. The number of hydrogen-bond donors (Lipinski definition) is 1. The maximum Gasteiger partial charge on any atom is 0.243 e. The molecule has 1 aliphatic rings. The van der Waals surface area contributed by atoms with Crippen LogP contribution >= 0.6 is 0 Å². The van der Waals surface area contributed by atoms with Crippen molar-refractivity contribution in [3.05, 3.63) is 59.4 Å². The molecule has 6 nitrogen and oxygen atoms in total. The quantitative estimate of drug-likeness (QED) is 0.756. The minimum absolute atomic E-state index is 0.107. The normalized spacial score (nSPS) is 16.8. The monoisotopic (exact) mass is 434 g/mol. The number of sulfonamides is 1. The van der Waals surface area contributed by atoms with Crippen LogP contribution in [0.4, 0.5) is 4.39 Å². The smallest absolute Gasteiger partial charge is 0.243 e. The maximum atomic E-state index is 13.1. The average molecular weight is 435 g/mol. The van der Waals surface area contributed by atoms with Crippen molar-refractivity contribution in [1.29, 1.82) is 0 Å². The molecular weight excluding hydrogens is 407 g/mol. The number of piperidine rings is 1. The average Bonchev–Trinajstić information content (AvgIpc) is 2.74. The number of carbonyl (C=O) groups excluding carboxylic acids is 1. The van der Waals surface area contributed by atoms with Crippen molar-refractivity contribution in [1.82, 2.24) is 9.62 Å². The first-order valence-corrected chi connectivity index (χ1v) is 11.4. The Kier molecular flexibility index (Phi) is 6.77. The fourth-order valence-electron chi connectivity index (χ4n) is 3.68. The third-order valence-corrected chi connectivity index (χ3v) is 7.45. The van der Waals surface area contributed by atoms with Gasteiger partial charge in [0.15, 0.2) is 0 Å². The lowest BCUT2D eigenvalue weighted by molar-refractivity contribution is -0.126. The standard InChI is InChI=1S/C22H27FN2O4S/c1-15-14-20(8-9-21(15)29-3)30(27,28)25-12-10-18(11-13-25)22(26)24-16(2)17-4-6-19(23)7-5-17/h4-9,14,16,18H,10-13H2,1-3H3,(H,24,26)/t16-/m1/s1. The molecule has 0 bridgehead atoms. The van der Waals surface area contributed by atoms with Gasteiger partial charge in [-0.1, -0.05) is 12.1 Å². The summed E-state index contributed by atoms with van der Waals surface area (Å²) in [7, 11) is -2.07. The van der Waals surface area contributed by atoms with Gasteiger partial charge in [0.1, 0.15) is 11.6 Å². The molecule has 1 fully saturated rings. The summed E-state index contributed by atoms with van der Waals surface area (Å²) < 4.78 is 45.6. The Morgan fingerprint density at radius 3 is 2.37 bits per heavy atom. The lowest BCUT2D eigenvalue weighted by Gasteiger charge is -2.31. The first-order chi connectivity index (χ1) is 14.2. The Labute approximate surface area is 177 Å². The second kappa shape index (κ2) is 9.14. The summed E-state index contributed by atoms with van der Waals surface area (Å²) in [6.45, 7) is 4.22. The Morgan fingerprint density at radius 2 is 1.80 bits per heavy atom. The number of aryl methyl sites for hydroxylation is 1. The molecule has 2 aromatic rings. The summed E-state index contributed by atoms with van der Waals surface area (Å²) in [6.07, 6.45) is 0.909. The van der Waals surface area contributed by atoms with Crippen LogP contribution in [-0.4, -0.2) is 38.8 Å². The van der Waals surface area contributed by atoms with Gasteiger partial charge < -0.3 is 10.1 Å². The number of nitrogens with one attached hydrogen (secondary N) is 1. The van der Waals surface area contributed by atoms with E-state index in [1.54, 1.807) is 44.4 Å². The van der Waals surface area contributed by atoms with Crippen LogP contribution < -0.4 is 10.1 Å². The number of rotatable bonds is 6. The zero-order valence-electron chi connectivity index (χ0n) is 17.4. The van der Waals surface area contributed by atoms with Crippen LogP contribution in [0.3, 0.4) is 0 Å². The van der Waals surface area contributed by atoms with E-state index in [0.717, 1.165) is 11.1 Å². The first-order valence-electron chi connectivity index (χ1n) is 9.93. The van der Waals surface area contributed by atoms with Crippen molar-refractivity contribution in [2.24, 2.45) is 5.92 Å². The lowest BCUT2D eigenvalue weighted by Crippen LogP contribution is -2.43. The molecule has 0 aliphatic carbocycles. The molecule has 2 aromatic carbocycles. The largest absolute Gasteiger partial charge is 0.496 e. The van der Waals surface area contributed by atoms with Crippen LogP contribution in [-0.2, 0) is 14.8 Å². The molecule has 1 heterocycles. The molecule has 162 valence electrons. The van der Waals surface area contributed by atoms with E-state index in [2.05, 4.69) is 5.32 Å². The highest BCUT2D eigenvalue weighted by Crippen LogP contribution is 2.27. The zero-order valence-corrected chi connectivity index (χ0v) is 18.2. The molecule has 1 N–H and O–H groups in total. The summed E-state index contributed by atoms with van der Waals surface area (Å²) >= 11 is 0. The van der Waals surface area contributed by atoms with E-state index < -0.39 is 10.0 Å². The van der Waals surface area contributed by atoms with Gasteiger partial charge in [0.25, 0.3) is 0 Å². The Bertz CT molecular complexity index is 1000. The molecule has 0 unspecified atom stereocenters. The fourth-order valence-corrected chi connectivity index (χ4v) is 5.24. The number of methoxy groups -OCH3 is 1. The number of hydrogen-bond acceptors (Lipinski definition) is 4. The summed E-state index contributed by atoms with van der Waals surface area (Å²) in [5.41, 5.74) is 1.57. The molecule has 1 amide bonds. The number of nitrogens with zero attached hydrogens (tertiary/aromatic N) is 1. The molecule has 3 rings (SSSR count). The van der Waals surface area contributed by atoms with Crippen molar-refractivity contribution in [3.63, 3.8) is 0 Å². The molecule has 8 heteroatoms. The van der Waals surface area contributed by atoms with Crippen LogP contribution in [0.1, 0.15) is 36.9 Å². The van der Waals surface area contributed by atoms with Gasteiger partial charge in [0, 0.05) is 19.0 Å². The number of ether oxygens (including phenoxy) is 1. The molecule has 1 saturated heterocycles. The van der Waals surface area contributed by atoms with Gasteiger partial charge in [-0.2, -0.15) is 4.31 Å². The minimum atomic E-state index is -3.62. The molecule has 0 aromatic heterocycles. The SMILES string of the molecule is COc1ccc(S(=O)(=O)N2CCC(C(=O)N[C@H](C)c3ccc(F)cc3)CC2)cc1C. The second-order valence-corrected chi connectivity index (χ2v) is 9.53. The number of carbonyl (C=O) groups is 1. The van der Waals surface area contributed by atoms with Crippen molar-refractivity contribution >= 4 is 15.9 Å². The van der Waals surface area contributed by atoms with Gasteiger partial charge >= 0.3 is 0 Å². The topological polar surface area (TPSA) is 75.7 Å². The van der Waals surface area contributed by atoms with E-state index in [1.807, 2.05) is 6.92 Å². The van der Waals surface area contributed by atoms with Crippen LogP contribution in [0.2, 0.25) is 0 Å². The molecule has 0 saturated carbocycles. The third-order valence-electron chi connectivity index (χ3n) is 5.56. The summed E-state index contributed by atoms with van der Waals surface area (Å²) in [5, 5.41) is 2.95. The van der Waals surface area contributed by atoms with Gasteiger partial charge in [-0.15, -0.1) is 0 Å². The van der Waals surface area contributed by atoms with Crippen molar-refractivity contribution in [2.45, 2.75) is 37.6 Å². The van der Waals surface area contributed by atoms with Crippen LogP contribution in [0.15, 0.2) is 47.4 Å². The second-order valence-electron chi connectivity index (χ2n) is 7.59. The van der Waals surface area contributed by atoms with Gasteiger partial charge in [-0.25, -0.2) is 12.8 Å². The van der Waals surface area contributed by atoms with E-state index in [4.69, 9.17) is 4.74 Å². The van der Waals surface area contributed by atoms with E-state index in [-0.39, 0.29) is 41.7 Å². The van der Waals surface area contributed by atoms with E-state index in [9.17, 15) is 17.6 Å². The van der Waals surface area contributed by atoms with Crippen LogP contribution in [0.5, 0.6) is 5.75 Å². The van der Waals surface area contributed by atoms with Crippen molar-refractivity contribution < 1.29 is 22.3 Å². The fraction of sp³-hybridized carbons (Fsp3) is 0.409. The van der Waals surface area contributed by atoms with Gasteiger partial charge in [0.05, 0.1) is 18.0 Å². The minimum Gasteiger partial charge on any atom is -0.496 e. The Hall–Kier alpha value is -2.45. The zero-order chi connectivity index (χ0) is 21.9. The highest BCUT2D eigenvalue weighted by molar-refractivity contribution is 7.89. The van der Waals surface area contributed by atoms with E-state index in [1.165, 1.54) is 16.4 Å². The number of amides is 1. The van der Waals surface area contributed by atoms with E-state index >= 15 is 0 Å². The van der Waals surface area contributed by atoms with Gasteiger partial charge in [0.2, 0.25) is 15.9 Å². The summed E-state index contributed by atoms with van der Waals surface area (Å²) in [5.74, 6) is -0.0429. The van der Waals surface area contributed by atoms with Gasteiger partial charge in [-0.3, -0.25) is 4.79 Å². The number of benzene rings is 2. The van der Waals surface area contributed by atoms with Crippen LogP contribution in [0, 0.1) is 18.7 Å². The Morgan fingerprint density at radius 1 is 1.17 bits per heavy atom. The van der Waals surface area contributed by atoms with Crippen molar-refractivity contribution in [2.75, 3.05) is 20.2 Å². The molecule has 1 aliphatic heterocycles. The first kappa shape index (κ1) is 22.2. The third kappa shape index (κ3) is 4.82. The highest BCUT2D eigenvalue weighted by Gasteiger charge is 2.32. The maximum absolute atomic E-state index is 13.1. The predicted molar refractivity (Wildman–Crippen MR) is 112 cm³/mol. The van der Waals surface area contributed by atoms with Crippen LogP contribution in [0.25, 0.3) is 0 Å². The Balaban J connectivity index is 1.60. The lowest BCUT2D eigenvalue weighted by atomic mass is 9.96. The molecule has 30 heavy (non-hydrogen) atoms. The van der Waals surface area contributed by atoms with Crippen molar-refractivity contribution in [3.8, 4) is 5.75 Å². The van der Waals surface area contributed by atoms with E-state index in [0.29, 0.717) is 18.6 Å². The molecule has 0 radical (unpaired) electrons. The highest BCUT2D eigenvalue weighted by atomic mass is 32.2. The summed E-state index contributed by atoms with van der Waals surface area (Å²) in [6, 6.07) is 10.6. The molecule has 1 atom stereocenters. The predicted octanol–water partition coefficient (Wildman–Crippen LogP) is 3.42. The van der Waals surface area contributed by atoms with Gasteiger partial charge in [-0.05, 0) is 68.1 Å². The molecule has 0 spiro atoms. The summed E-state index contributed by atoms with van der Waals surface area (Å²) in [4.78, 5) is 12.9.